The first-order valence-electron chi connectivity index (χ1n) is 5.82. The normalized spacial score (nSPS) is 10.1. The lowest BCUT2D eigenvalue weighted by Gasteiger charge is -2.03. The highest BCUT2D eigenvalue weighted by atomic mass is 32.2. The van der Waals surface area contributed by atoms with Crippen LogP contribution >= 0.6 is 12.0 Å². The van der Waals surface area contributed by atoms with Gasteiger partial charge in [0.25, 0.3) is 0 Å². The molecule has 0 N–H and O–H groups in total. The summed E-state index contributed by atoms with van der Waals surface area (Å²) >= 11 is 1.08. The van der Waals surface area contributed by atoms with Gasteiger partial charge in [-0.25, -0.2) is 4.79 Å². The van der Waals surface area contributed by atoms with E-state index in [1.165, 1.54) is 5.56 Å². The van der Waals surface area contributed by atoms with E-state index in [0.717, 1.165) is 23.4 Å². The van der Waals surface area contributed by atoms with Gasteiger partial charge in [-0.1, -0.05) is 37.3 Å². The molecule has 0 aliphatic heterocycles. The maximum absolute atomic E-state index is 11.8. The summed E-state index contributed by atoms with van der Waals surface area (Å²) in [6, 6.07) is 17.0. The molecular formula is C15H14O2S. The Balaban J connectivity index is 1.95. The largest absolute Gasteiger partial charge is 0.382 e. The third-order valence-electron chi connectivity index (χ3n) is 2.55. The van der Waals surface area contributed by atoms with E-state index in [0.29, 0.717) is 5.56 Å². The number of hydrogen-bond acceptors (Lipinski definition) is 3. The first kappa shape index (κ1) is 12.7. The third kappa shape index (κ3) is 3.37. The Morgan fingerprint density at radius 2 is 1.72 bits per heavy atom. The fourth-order valence-corrected chi connectivity index (χ4v) is 2.02. The number of carbonyl (C=O) groups is 1. The van der Waals surface area contributed by atoms with Gasteiger partial charge in [0.2, 0.25) is 0 Å². The molecule has 2 aromatic rings. The van der Waals surface area contributed by atoms with Crippen molar-refractivity contribution in [3.05, 3.63) is 65.7 Å². The Labute approximate surface area is 111 Å². The summed E-state index contributed by atoms with van der Waals surface area (Å²) in [4.78, 5) is 12.7. The molecule has 2 nitrogen and oxygen atoms in total. The predicted octanol–water partition coefficient (Wildman–Crippen LogP) is 4.11. The van der Waals surface area contributed by atoms with Gasteiger partial charge in [-0.05, 0) is 36.2 Å². The topological polar surface area (TPSA) is 26.3 Å². The number of hydrogen-bond donors (Lipinski definition) is 0. The van der Waals surface area contributed by atoms with Gasteiger partial charge in [0.1, 0.15) is 0 Å². The SMILES string of the molecule is CCc1ccc(C(=O)OSc2ccccc2)cc1. The Hall–Kier alpha value is -1.74. The van der Waals surface area contributed by atoms with Gasteiger partial charge in [-0.15, -0.1) is 0 Å². The highest BCUT2D eigenvalue weighted by molar-refractivity contribution is 7.95. The minimum Gasteiger partial charge on any atom is -0.382 e. The Morgan fingerprint density at radius 3 is 2.33 bits per heavy atom. The van der Waals surface area contributed by atoms with E-state index in [1.807, 2.05) is 42.5 Å². The van der Waals surface area contributed by atoms with Crippen molar-refractivity contribution in [2.45, 2.75) is 18.2 Å². The second-order valence-corrected chi connectivity index (χ2v) is 4.62. The van der Waals surface area contributed by atoms with Crippen LogP contribution in [0.5, 0.6) is 0 Å². The van der Waals surface area contributed by atoms with E-state index in [2.05, 4.69) is 6.92 Å². The van der Waals surface area contributed by atoms with Crippen LogP contribution in [0.25, 0.3) is 0 Å². The highest BCUT2D eigenvalue weighted by Gasteiger charge is 2.07. The molecule has 2 aromatic carbocycles. The number of rotatable bonds is 4. The monoisotopic (exact) mass is 258 g/mol. The molecule has 0 fully saturated rings. The van der Waals surface area contributed by atoms with Crippen LogP contribution in [0, 0.1) is 0 Å². The van der Waals surface area contributed by atoms with Crippen molar-refractivity contribution in [1.82, 2.24) is 0 Å². The smallest absolute Gasteiger partial charge is 0.350 e. The molecule has 0 spiro atoms. The van der Waals surface area contributed by atoms with Gasteiger partial charge in [0.15, 0.2) is 0 Å². The first-order valence-corrected chi connectivity index (χ1v) is 6.56. The number of aryl methyl sites for hydroxylation is 1. The van der Waals surface area contributed by atoms with Crippen LogP contribution in [0.4, 0.5) is 0 Å². The molecule has 0 saturated heterocycles. The summed E-state index contributed by atoms with van der Waals surface area (Å²) in [5.41, 5.74) is 1.79. The van der Waals surface area contributed by atoms with Gasteiger partial charge in [-0.2, -0.15) is 0 Å². The van der Waals surface area contributed by atoms with Gasteiger partial charge < -0.3 is 4.18 Å². The van der Waals surface area contributed by atoms with Crippen LogP contribution in [-0.4, -0.2) is 5.97 Å². The Bertz CT molecular complexity index is 506. The van der Waals surface area contributed by atoms with E-state index >= 15 is 0 Å². The molecule has 2 rings (SSSR count). The van der Waals surface area contributed by atoms with Gasteiger partial charge in [0, 0.05) is 4.90 Å². The summed E-state index contributed by atoms with van der Waals surface area (Å²) in [5, 5.41) is 0. The molecule has 92 valence electrons. The zero-order chi connectivity index (χ0) is 12.8. The predicted molar refractivity (Wildman–Crippen MR) is 73.5 cm³/mol. The lowest BCUT2D eigenvalue weighted by Crippen LogP contribution is -1.99. The summed E-state index contributed by atoms with van der Waals surface area (Å²) in [6.07, 6.45) is 0.966. The molecule has 0 heterocycles. The molecule has 18 heavy (non-hydrogen) atoms. The van der Waals surface area contributed by atoms with Crippen molar-refractivity contribution in [3.8, 4) is 0 Å². The zero-order valence-corrected chi connectivity index (χ0v) is 10.9. The van der Waals surface area contributed by atoms with Crippen LogP contribution in [0.1, 0.15) is 22.8 Å². The molecular weight excluding hydrogens is 244 g/mol. The average molecular weight is 258 g/mol. The molecule has 0 aliphatic carbocycles. The van der Waals surface area contributed by atoms with Crippen LogP contribution in [0.15, 0.2) is 59.5 Å². The second-order valence-electron chi connectivity index (χ2n) is 3.82. The van der Waals surface area contributed by atoms with Crippen LogP contribution in [-0.2, 0) is 10.6 Å². The molecule has 0 aliphatic rings. The van der Waals surface area contributed by atoms with Crippen LogP contribution in [0.2, 0.25) is 0 Å². The van der Waals surface area contributed by atoms with Gasteiger partial charge in [-0.3, -0.25) is 0 Å². The minimum atomic E-state index is -0.313. The van der Waals surface area contributed by atoms with Crippen molar-refractivity contribution in [2.24, 2.45) is 0 Å². The Morgan fingerprint density at radius 1 is 1.06 bits per heavy atom. The van der Waals surface area contributed by atoms with Crippen molar-refractivity contribution < 1.29 is 8.98 Å². The Kier molecular flexibility index (Phi) is 4.42. The quantitative estimate of drug-likeness (QED) is 0.772. The van der Waals surface area contributed by atoms with E-state index in [4.69, 9.17) is 4.18 Å². The molecule has 0 bridgehead atoms. The fourth-order valence-electron chi connectivity index (χ4n) is 1.49. The molecule has 0 radical (unpaired) electrons. The molecule has 0 aromatic heterocycles. The summed E-state index contributed by atoms with van der Waals surface area (Å²) < 4.78 is 5.17. The standard InChI is InChI=1S/C15H14O2S/c1-2-12-8-10-13(11-9-12)15(16)17-18-14-6-4-3-5-7-14/h3-11H,2H2,1H3. The fraction of sp³-hybridized carbons (Fsp3) is 0.133. The lowest BCUT2D eigenvalue weighted by atomic mass is 10.1. The average Bonchev–Trinajstić information content (AvgIpc) is 2.46. The van der Waals surface area contributed by atoms with E-state index < -0.39 is 0 Å². The van der Waals surface area contributed by atoms with Crippen molar-refractivity contribution in [1.29, 1.82) is 0 Å². The maximum atomic E-state index is 11.8. The van der Waals surface area contributed by atoms with E-state index in [1.54, 1.807) is 12.1 Å². The highest BCUT2D eigenvalue weighted by Crippen LogP contribution is 2.20. The van der Waals surface area contributed by atoms with Crippen molar-refractivity contribution in [3.63, 3.8) is 0 Å². The minimum absolute atomic E-state index is 0.313. The zero-order valence-electron chi connectivity index (χ0n) is 10.1. The van der Waals surface area contributed by atoms with Gasteiger partial charge in [0.05, 0.1) is 17.6 Å². The molecule has 0 atom stereocenters. The molecule has 3 heteroatoms. The summed E-state index contributed by atoms with van der Waals surface area (Å²) in [5.74, 6) is -0.313. The van der Waals surface area contributed by atoms with E-state index in [-0.39, 0.29) is 5.97 Å². The van der Waals surface area contributed by atoms with Crippen LogP contribution < -0.4 is 0 Å². The van der Waals surface area contributed by atoms with E-state index in [9.17, 15) is 4.79 Å². The molecule has 0 amide bonds. The second kappa shape index (κ2) is 6.26. The van der Waals surface area contributed by atoms with Gasteiger partial charge >= 0.3 is 5.97 Å². The number of benzene rings is 2. The molecule has 0 saturated carbocycles. The molecule has 0 unspecified atom stereocenters. The number of carbonyl (C=O) groups excluding carboxylic acids is 1. The summed E-state index contributed by atoms with van der Waals surface area (Å²) in [6.45, 7) is 2.08. The maximum Gasteiger partial charge on any atom is 0.350 e. The van der Waals surface area contributed by atoms with Crippen LogP contribution in [0.3, 0.4) is 0 Å². The van der Waals surface area contributed by atoms with Crippen molar-refractivity contribution in [2.75, 3.05) is 0 Å². The summed E-state index contributed by atoms with van der Waals surface area (Å²) in [7, 11) is 0. The first-order chi connectivity index (χ1) is 8.79. The lowest BCUT2D eigenvalue weighted by molar-refractivity contribution is 0.0768. The third-order valence-corrected chi connectivity index (χ3v) is 3.25. The van der Waals surface area contributed by atoms with Crippen molar-refractivity contribution >= 4 is 18.0 Å².